The minimum absolute atomic E-state index is 0.125. The Kier molecular flexibility index (Phi) is 8.09. The molecular weight excluding hydrogens is 410 g/mol. The topological polar surface area (TPSA) is 69.7 Å². The summed E-state index contributed by atoms with van der Waals surface area (Å²) in [5.41, 5.74) is 0.980. The molecule has 0 spiro atoms. The van der Waals surface area contributed by atoms with Crippen molar-refractivity contribution in [2.45, 2.75) is 50.5 Å². The van der Waals surface area contributed by atoms with E-state index in [2.05, 4.69) is 17.1 Å². The zero-order valence-corrected chi connectivity index (χ0v) is 19.3. The highest BCUT2D eigenvalue weighted by atomic mass is 32.2. The van der Waals surface area contributed by atoms with Crippen molar-refractivity contribution in [3.05, 3.63) is 60.2 Å². The van der Waals surface area contributed by atoms with E-state index in [1.54, 1.807) is 37.3 Å². The minimum atomic E-state index is -3.76. The number of carbonyl (C=O) groups is 1. The summed E-state index contributed by atoms with van der Waals surface area (Å²) in [4.78, 5) is 15.4. The Hall–Kier alpha value is -2.38. The average molecular weight is 444 g/mol. The quantitative estimate of drug-likeness (QED) is 0.638. The van der Waals surface area contributed by atoms with Crippen LogP contribution in [0.4, 0.5) is 5.69 Å². The first-order valence-electron chi connectivity index (χ1n) is 11.2. The Balaban J connectivity index is 1.69. The average Bonchev–Trinajstić information content (AvgIpc) is 2.79. The zero-order valence-electron chi connectivity index (χ0n) is 18.5. The molecule has 1 saturated heterocycles. The maximum absolute atomic E-state index is 13.2. The van der Waals surface area contributed by atoms with E-state index in [0.717, 1.165) is 32.5 Å². The highest BCUT2D eigenvalue weighted by Gasteiger charge is 2.25. The molecule has 1 amide bonds. The van der Waals surface area contributed by atoms with E-state index in [1.807, 2.05) is 18.2 Å². The summed E-state index contributed by atoms with van der Waals surface area (Å²) in [5.74, 6) is -0.216. The van der Waals surface area contributed by atoms with Gasteiger partial charge in [0, 0.05) is 31.2 Å². The number of piperidine rings is 1. The van der Waals surface area contributed by atoms with Crippen LogP contribution in [0.5, 0.6) is 0 Å². The molecular formula is C24H33N3O3S. The van der Waals surface area contributed by atoms with Crippen LogP contribution in [0.15, 0.2) is 59.5 Å². The number of sulfonamides is 1. The first-order chi connectivity index (χ1) is 15.0. The summed E-state index contributed by atoms with van der Waals surface area (Å²) in [6.07, 6.45) is 4.24. The van der Waals surface area contributed by atoms with Crippen molar-refractivity contribution in [3.63, 3.8) is 0 Å². The molecule has 0 atom stereocenters. The number of nitrogens with one attached hydrogen (secondary N) is 1. The van der Waals surface area contributed by atoms with Crippen molar-refractivity contribution in [1.82, 2.24) is 10.2 Å². The van der Waals surface area contributed by atoms with Gasteiger partial charge >= 0.3 is 0 Å². The summed E-state index contributed by atoms with van der Waals surface area (Å²) in [6, 6.07) is 15.5. The third-order valence-electron chi connectivity index (χ3n) is 5.77. The van der Waals surface area contributed by atoms with E-state index in [9.17, 15) is 13.2 Å². The molecule has 6 nitrogen and oxygen atoms in total. The maximum Gasteiger partial charge on any atom is 0.264 e. The third-order valence-corrected chi connectivity index (χ3v) is 7.67. The lowest BCUT2D eigenvalue weighted by Crippen LogP contribution is -2.44. The van der Waals surface area contributed by atoms with Gasteiger partial charge in [-0.1, -0.05) is 37.6 Å². The maximum atomic E-state index is 13.2. The fourth-order valence-corrected chi connectivity index (χ4v) is 5.48. The van der Waals surface area contributed by atoms with Crippen LogP contribution in [0.2, 0.25) is 0 Å². The summed E-state index contributed by atoms with van der Waals surface area (Å²) >= 11 is 0. The molecule has 168 valence electrons. The fourth-order valence-electron chi connectivity index (χ4n) is 3.96. The number of likely N-dealkylation sites (tertiary alicyclic amines) is 1. The number of nitrogens with zero attached hydrogens (tertiary/aromatic N) is 2. The Bertz CT molecular complexity index is 955. The van der Waals surface area contributed by atoms with Crippen molar-refractivity contribution in [3.8, 4) is 0 Å². The van der Waals surface area contributed by atoms with Gasteiger partial charge in [-0.2, -0.15) is 0 Å². The van der Waals surface area contributed by atoms with Gasteiger partial charge in [-0.25, -0.2) is 8.42 Å². The number of para-hydroxylation sites is 1. The smallest absolute Gasteiger partial charge is 0.264 e. The minimum Gasteiger partial charge on any atom is -0.349 e. The van der Waals surface area contributed by atoms with Gasteiger partial charge in [0.15, 0.2) is 0 Å². The van der Waals surface area contributed by atoms with Crippen LogP contribution in [0.3, 0.4) is 0 Å². The van der Waals surface area contributed by atoms with Crippen LogP contribution in [-0.2, 0) is 10.0 Å². The van der Waals surface area contributed by atoms with Crippen molar-refractivity contribution in [2.75, 3.05) is 30.5 Å². The third kappa shape index (κ3) is 5.86. The van der Waals surface area contributed by atoms with E-state index in [4.69, 9.17) is 0 Å². The van der Waals surface area contributed by atoms with Crippen molar-refractivity contribution in [1.29, 1.82) is 0 Å². The lowest BCUT2D eigenvalue weighted by molar-refractivity contribution is 0.0910. The standard InChI is InChI=1S/C24H33N3O3S/c1-3-5-16-26-17-14-21(15-18-26)25-24(28)20-10-9-13-23(19-20)31(29,30)27(4-2)22-11-7-6-8-12-22/h6-13,19,21H,3-5,14-18H2,1-2H3,(H,25,28). The van der Waals surface area contributed by atoms with Gasteiger partial charge < -0.3 is 10.2 Å². The lowest BCUT2D eigenvalue weighted by atomic mass is 10.0. The first kappa shape index (κ1) is 23.3. The van der Waals surface area contributed by atoms with Gasteiger partial charge in [-0.05, 0) is 63.1 Å². The number of anilines is 1. The molecule has 2 aromatic carbocycles. The van der Waals surface area contributed by atoms with Crippen LogP contribution in [-0.4, -0.2) is 51.4 Å². The fraction of sp³-hybridized carbons (Fsp3) is 0.458. The molecule has 1 aliphatic rings. The first-order valence-corrected chi connectivity index (χ1v) is 12.6. The molecule has 0 radical (unpaired) electrons. The van der Waals surface area contributed by atoms with Gasteiger partial charge in [0.05, 0.1) is 10.6 Å². The lowest BCUT2D eigenvalue weighted by Gasteiger charge is -2.32. The van der Waals surface area contributed by atoms with Gasteiger partial charge in [-0.15, -0.1) is 0 Å². The zero-order chi connectivity index (χ0) is 22.3. The van der Waals surface area contributed by atoms with E-state index in [0.29, 0.717) is 17.8 Å². The Morgan fingerprint density at radius 2 is 1.77 bits per heavy atom. The monoisotopic (exact) mass is 443 g/mol. The summed E-state index contributed by atoms with van der Waals surface area (Å²) in [5, 5.41) is 3.09. The van der Waals surface area contributed by atoms with E-state index in [-0.39, 0.29) is 16.8 Å². The normalized spacial score (nSPS) is 15.5. The second kappa shape index (κ2) is 10.8. The number of amides is 1. The Morgan fingerprint density at radius 1 is 1.06 bits per heavy atom. The van der Waals surface area contributed by atoms with Gasteiger partial charge in [-0.3, -0.25) is 9.10 Å². The molecule has 31 heavy (non-hydrogen) atoms. The number of rotatable bonds is 9. The predicted octanol–water partition coefficient (Wildman–Crippen LogP) is 3.90. The van der Waals surface area contributed by atoms with Crippen molar-refractivity contribution >= 4 is 21.6 Å². The number of hydrogen-bond donors (Lipinski definition) is 1. The molecule has 1 aliphatic heterocycles. The summed E-state index contributed by atoms with van der Waals surface area (Å²) < 4.78 is 27.8. The molecule has 1 heterocycles. The van der Waals surface area contributed by atoms with Crippen molar-refractivity contribution < 1.29 is 13.2 Å². The Labute approximate surface area is 186 Å². The molecule has 3 rings (SSSR count). The molecule has 1 fully saturated rings. The molecule has 1 N–H and O–H groups in total. The number of hydrogen-bond acceptors (Lipinski definition) is 4. The second-order valence-corrected chi connectivity index (χ2v) is 9.84. The molecule has 2 aromatic rings. The number of carbonyl (C=O) groups excluding carboxylic acids is 1. The van der Waals surface area contributed by atoms with Gasteiger partial charge in [0.2, 0.25) is 0 Å². The SMILES string of the molecule is CCCCN1CCC(NC(=O)c2cccc(S(=O)(=O)N(CC)c3ccccc3)c2)CC1. The molecule has 7 heteroatoms. The highest BCUT2D eigenvalue weighted by Crippen LogP contribution is 2.24. The van der Waals surface area contributed by atoms with Crippen LogP contribution in [0.1, 0.15) is 49.9 Å². The van der Waals surface area contributed by atoms with E-state index >= 15 is 0 Å². The summed E-state index contributed by atoms with van der Waals surface area (Å²) in [7, 11) is -3.76. The number of unbranched alkanes of at least 4 members (excludes halogenated alkanes) is 1. The predicted molar refractivity (Wildman–Crippen MR) is 125 cm³/mol. The van der Waals surface area contributed by atoms with Gasteiger partial charge in [0.25, 0.3) is 15.9 Å². The van der Waals surface area contributed by atoms with Crippen LogP contribution in [0, 0.1) is 0 Å². The molecule has 0 bridgehead atoms. The number of benzene rings is 2. The van der Waals surface area contributed by atoms with Crippen LogP contribution in [0.25, 0.3) is 0 Å². The van der Waals surface area contributed by atoms with Crippen molar-refractivity contribution in [2.24, 2.45) is 0 Å². The molecule has 0 aromatic heterocycles. The van der Waals surface area contributed by atoms with E-state index in [1.165, 1.54) is 23.2 Å². The van der Waals surface area contributed by atoms with Gasteiger partial charge in [0.1, 0.15) is 0 Å². The van der Waals surface area contributed by atoms with E-state index < -0.39 is 10.0 Å². The highest BCUT2D eigenvalue weighted by molar-refractivity contribution is 7.92. The second-order valence-electron chi connectivity index (χ2n) is 7.98. The molecule has 0 saturated carbocycles. The molecule has 0 unspecified atom stereocenters. The van der Waals surface area contributed by atoms with Crippen LogP contribution >= 0.6 is 0 Å². The Morgan fingerprint density at radius 3 is 2.42 bits per heavy atom. The largest absolute Gasteiger partial charge is 0.349 e. The summed E-state index contributed by atoms with van der Waals surface area (Å²) in [6.45, 7) is 7.39. The molecule has 0 aliphatic carbocycles. The van der Waals surface area contributed by atoms with Crippen LogP contribution < -0.4 is 9.62 Å².